The van der Waals surface area contributed by atoms with E-state index >= 15 is 9.18 Å². The Labute approximate surface area is 256 Å². The summed E-state index contributed by atoms with van der Waals surface area (Å²) in [6.45, 7) is 15.3. The molecule has 4 atom stereocenters. The van der Waals surface area contributed by atoms with Crippen LogP contribution in [0, 0.1) is 23.0 Å². The first-order valence-corrected chi connectivity index (χ1v) is 16.0. The minimum absolute atomic E-state index is 0.0349. The van der Waals surface area contributed by atoms with Crippen molar-refractivity contribution in [3.8, 4) is 0 Å². The lowest BCUT2D eigenvalue weighted by Gasteiger charge is -2.43. The Balaban J connectivity index is 1.81. The van der Waals surface area contributed by atoms with Gasteiger partial charge in [0.2, 0.25) is 5.91 Å². The highest BCUT2D eigenvalue weighted by molar-refractivity contribution is 5.89. The molecule has 2 aliphatic heterocycles. The molecule has 2 heterocycles. The van der Waals surface area contributed by atoms with Crippen LogP contribution in [0.15, 0.2) is 18.2 Å². The number of likely N-dealkylation sites (tertiary alicyclic amines) is 2. The zero-order chi connectivity index (χ0) is 32.1. The standard InChI is InChI=1S/C34H52F2N4O3/c1-22-10-13-24(14-11-22)39(30(42)32(2,3)4)25-19-28(29(41)37-8)40(9,20-25)31(43)34(16-17-38(21-34)33(5,6)7)26-15-12-23(35)18-27(26)36/h12,15,18,22,24-25,28H,10-11,13-14,16-17,19-21H2,1-9H3/p+1/t22?,24?,25-,28+,34-,40?/m1/s1. The number of carbonyl (C=O) groups is 3. The summed E-state index contributed by atoms with van der Waals surface area (Å²) in [7, 11) is 3.35. The number of likely N-dealkylation sites (N-methyl/N-ethyl adjacent to an activating group) is 2. The zero-order valence-corrected chi connectivity index (χ0v) is 27.7. The first-order chi connectivity index (χ1) is 19.8. The van der Waals surface area contributed by atoms with Gasteiger partial charge in [0.15, 0.2) is 6.04 Å². The Morgan fingerprint density at radius 3 is 2.16 bits per heavy atom. The van der Waals surface area contributed by atoms with Crippen molar-refractivity contribution in [1.29, 1.82) is 0 Å². The molecule has 1 N–H and O–H groups in total. The highest BCUT2D eigenvalue weighted by atomic mass is 19.1. The van der Waals surface area contributed by atoms with Crippen LogP contribution in [0.25, 0.3) is 0 Å². The number of rotatable bonds is 5. The summed E-state index contributed by atoms with van der Waals surface area (Å²) in [5.41, 5.74) is -2.01. The van der Waals surface area contributed by atoms with Crippen LogP contribution in [0.4, 0.5) is 8.78 Å². The van der Waals surface area contributed by atoms with Gasteiger partial charge < -0.3 is 10.2 Å². The lowest BCUT2D eigenvalue weighted by atomic mass is 9.76. The van der Waals surface area contributed by atoms with Crippen molar-refractivity contribution in [3.63, 3.8) is 0 Å². The fraction of sp³-hybridized carbons (Fsp3) is 0.735. The lowest BCUT2D eigenvalue weighted by molar-refractivity contribution is -0.840. The molecular weight excluding hydrogens is 550 g/mol. The number of nitrogens with one attached hydrogen (secondary N) is 1. The fourth-order valence-electron chi connectivity index (χ4n) is 7.88. The van der Waals surface area contributed by atoms with E-state index in [4.69, 9.17) is 0 Å². The van der Waals surface area contributed by atoms with Gasteiger partial charge in [-0.1, -0.05) is 33.8 Å². The predicted molar refractivity (Wildman–Crippen MR) is 164 cm³/mol. The van der Waals surface area contributed by atoms with E-state index < -0.39 is 28.5 Å². The van der Waals surface area contributed by atoms with E-state index in [1.165, 1.54) is 12.1 Å². The van der Waals surface area contributed by atoms with Gasteiger partial charge in [-0.2, -0.15) is 0 Å². The predicted octanol–water partition coefficient (Wildman–Crippen LogP) is 5.02. The van der Waals surface area contributed by atoms with Crippen LogP contribution >= 0.6 is 0 Å². The van der Waals surface area contributed by atoms with Gasteiger partial charge in [0, 0.05) is 55.2 Å². The van der Waals surface area contributed by atoms with Crippen LogP contribution in [-0.2, 0) is 19.8 Å². The molecule has 3 aliphatic rings. The quantitative estimate of drug-likeness (QED) is 0.480. The molecule has 1 aromatic rings. The second-order valence-corrected chi connectivity index (χ2v) is 15.7. The summed E-state index contributed by atoms with van der Waals surface area (Å²) in [6, 6.07) is 2.44. The lowest BCUT2D eigenvalue weighted by Crippen LogP contribution is -2.65. The zero-order valence-electron chi connectivity index (χ0n) is 27.7. The second-order valence-electron chi connectivity index (χ2n) is 15.7. The van der Waals surface area contributed by atoms with Crippen molar-refractivity contribution in [2.24, 2.45) is 11.3 Å². The molecule has 4 rings (SSSR count). The largest absolute Gasteiger partial charge is 0.354 e. The normalized spacial score (nSPS) is 32.1. The van der Waals surface area contributed by atoms with E-state index in [0.717, 1.165) is 31.7 Å². The molecule has 0 spiro atoms. The van der Waals surface area contributed by atoms with E-state index in [0.29, 0.717) is 25.3 Å². The average molecular weight is 604 g/mol. The second kappa shape index (κ2) is 11.8. The molecular formula is C34H53F2N4O3+. The van der Waals surface area contributed by atoms with Gasteiger partial charge in [-0.3, -0.25) is 19.0 Å². The molecule has 0 radical (unpaired) electrons. The summed E-state index contributed by atoms with van der Waals surface area (Å²) in [5, 5.41) is 2.77. The maximum absolute atomic E-state index is 15.6. The molecule has 1 aromatic carbocycles. The van der Waals surface area contributed by atoms with Crippen molar-refractivity contribution in [1.82, 2.24) is 15.1 Å². The number of nitrogens with zero attached hydrogens (tertiary/aromatic N) is 3. The highest BCUT2D eigenvalue weighted by Gasteiger charge is 2.63. The molecule has 7 nitrogen and oxygen atoms in total. The molecule has 1 unspecified atom stereocenters. The molecule has 9 heteroatoms. The van der Waals surface area contributed by atoms with Crippen molar-refractivity contribution in [2.75, 3.05) is 33.7 Å². The average Bonchev–Trinajstić information content (AvgIpc) is 3.52. The summed E-state index contributed by atoms with van der Waals surface area (Å²) in [5.74, 6) is -1.32. The van der Waals surface area contributed by atoms with Crippen LogP contribution < -0.4 is 5.32 Å². The molecule has 1 saturated carbocycles. The van der Waals surface area contributed by atoms with E-state index in [2.05, 4.69) is 37.9 Å². The number of hydrogen-bond acceptors (Lipinski definition) is 4. The Hall–Kier alpha value is -2.39. The van der Waals surface area contributed by atoms with Crippen LogP contribution in [0.5, 0.6) is 0 Å². The van der Waals surface area contributed by atoms with Crippen molar-refractivity contribution in [3.05, 3.63) is 35.4 Å². The third-order valence-electron chi connectivity index (χ3n) is 10.5. The maximum atomic E-state index is 15.6. The highest BCUT2D eigenvalue weighted by Crippen LogP contribution is 2.45. The molecule has 1 aliphatic carbocycles. The summed E-state index contributed by atoms with van der Waals surface area (Å²) < 4.78 is 29.5. The van der Waals surface area contributed by atoms with Crippen molar-refractivity contribution >= 4 is 17.7 Å². The topological polar surface area (TPSA) is 69.7 Å². The first-order valence-electron chi connectivity index (χ1n) is 16.0. The number of benzene rings is 1. The third-order valence-corrected chi connectivity index (χ3v) is 10.5. The molecule has 2 saturated heterocycles. The van der Waals surface area contributed by atoms with E-state index in [-0.39, 0.29) is 58.5 Å². The van der Waals surface area contributed by atoms with Crippen LogP contribution in [-0.4, -0.2) is 89.4 Å². The van der Waals surface area contributed by atoms with Gasteiger partial charge >= 0.3 is 5.91 Å². The number of quaternary nitrogens is 1. The molecule has 0 aromatic heterocycles. The van der Waals surface area contributed by atoms with Crippen molar-refractivity contribution in [2.45, 2.75) is 116 Å². The Morgan fingerprint density at radius 2 is 1.65 bits per heavy atom. The molecule has 240 valence electrons. The molecule has 0 bridgehead atoms. The number of halogens is 2. The van der Waals surface area contributed by atoms with Gasteiger partial charge in [-0.15, -0.1) is 0 Å². The monoisotopic (exact) mass is 603 g/mol. The van der Waals surface area contributed by atoms with E-state index in [1.807, 2.05) is 25.7 Å². The summed E-state index contributed by atoms with van der Waals surface area (Å²) in [6.07, 6.45) is 4.56. The molecule has 43 heavy (non-hydrogen) atoms. The van der Waals surface area contributed by atoms with Crippen LogP contribution in [0.3, 0.4) is 0 Å². The van der Waals surface area contributed by atoms with E-state index in [9.17, 15) is 14.0 Å². The number of hydrogen-bond donors (Lipinski definition) is 1. The summed E-state index contributed by atoms with van der Waals surface area (Å²) >= 11 is 0. The first kappa shape index (κ1) is 33.5. The fourth-order valence-corrected chi connectivity index (χ4v) is 7.88. The summed E-state index contributed by atoms with van der Waals surface area (Å²) in [4.78, 5) is 47.0. The molecule has 3 fully saturated rings. The third kappa shape index (κ3) is 6.26. The minimum Gasteiger partial charge on any atom is -0.354 e. The minimum atomic E-state index is -1.28. The number of carbonyl (C=O) groups excluding carboxylic acids is 3. The maximum Gasteiger partial charge on any atom is 0.326 e. The Kier molecular flexibility index (Phi) is 9.23. The smallest absolute Gasteiger partial charge is 0.326 e. The van der Waals surface area contributed by atoms with Crippen LogP contribution in [0.2, 0.25) is 0 Å². The van der Waals surface area contributed by atoms with Crippen LogP contribution in [0.1, 0.15) is 92.6 Å². The SMILES string of the molecule is CNC(=O)[C@@H]1C[C@@H](N(C(=O)C(C)(C)C)C2CCC(C)CC2)C[N+]1(C)C(=O)[C@]1(c2ccc(F)cc2F)CCN(C(C)(C)C)C1. The Morgan fingerprint density at radius 1 is 1.02 bits per heavy atom. The molecule has 3 amide bonds. The van der Waals surface area contributed by atoms with E-state index in [1.54, 1.807) is 14.1 Å². The van der Waals surface area contributed by atoms with Gasteiger partial charge in [0.05, 0.1) is 13.1 Å². The van der Waals surface area contributed by atoms with Gasteiger partial charge in [0.25, 0.3) is 5.91 Å². The number of amides is 3. The van der Waals surface area contributed by atoms with Gasteiger partial charge in [-0.25, -0.2) is 13.6 Å². The van der Waals surface area contributed by atoms with Gasteiger partial charge in [-0.05, 0) is 64.9 Å². The van der Waals surface area contributed by atoms with Gasteiger partial charge in [0.1, 0.15) is 23.6 Å². The Bertz CT molecular complexity index is 1230. The van der Waals surface area contributed by atoms with Crippen molar-refractivity contribution < 1.29 is 27.6 Å².